The standard InChI is InChI=1S/C14H26N2O4/c1-2-12-13(18)15-5-6-16(12)10-11(17)9-14(19)3-7-20-8-4-14/h11-12,17,19H,2-10H2,1H3,(H,15,18). The van der Waals surface area contributed by atoms with Gasteiger partial charge < -0.3 is 20.3 Å². The highest BCUT2D eigenvalue weighted by Gasteiger charge is 2.35. The number of nitrogens with one attached hydrogen (secondary N) is 1. The van der Waals surface area contributed by atoms with Crippen molar-refractivity contribution in [3.05, 3.63) is 0 Å². The molecule has 0 aromatic heterocycles. The van der Waals surface area contributed by atoms with Gasteiger partial charge in [0.1, 0.15) is 0 Å². The number of amides is 1. The van der Waals surface area contributed by atoms with Crippen molar-refractivity contribution in [3.8, 4) is 0 Å². The first kappa shape index (κ1) is 15.7. The topological polar surface area (TPSA) is 82.0 Å². The quantitative estimate of drug-likeness (QED) is 0.634. The second-order valence-electron chi connectivity index (χ2n) is 5.90. The van der Waals surface area contributed by atoms with Gasteiger partial charge in [-0.2, -0.15) is 0 Å². The van der Waals surface area contributed by atoms with Crippen molar-refractivity contribution >= 4 is 5.91 Å². The van der Waals surface area contributed by atoms with Crippen molar-refractivity contribution in [3.63, 3.8) is 0 Å². The molecule has 0 bridgehead atoms. The number of aliphatic hydroxyl groups is 2. The van der Waals surface area contributed by atoms with Gasteiger partial charge in [0.15, 0.2) is 0 Å². The maximum Gasteiger partial charge on any atom is 0.237 e. The first-order chi connectivity index (χ1) is 9.54. The fourth-order valence-corrected chi connectivity index (χ4v) is 3.15. The molecule has 6 nitrogen and oxygen atoms in total. The van der Waals surface area contributed by atoms with E-state index in [1.165, 1.54) is 0 Å². The maximum atomic E-state index is 11.8. The third-order valence-corrected chi connectivity index (χ3v) is 4.31. The molecule has 2 saturated heterocycles. The summed E-state index contributed by atoms with van der Waals surface area (Å²) in [6, 6.07) is -0.164. The molecular weight excluding hydrogens is 260 g/mol. The van der Waals surface area contributed by atoms with Crippen LogP contribution >= 0.6 is 0 Å². The number of carbonyl (C=O) groups excluding carboxylic acids is 1. The molecule has 20 heavy (non-hydrogen) atoms. The number of carbonyl (C=O) groups is 1. The lowest BCUT2D eigenvalue weighted by molar-refractivity contribution is -0.130. The van der Waals surface area contributed by atoms with Gasteiger partial charge in [0.25, 0.3) is 0 Å². The molecule has 2 aliphatic heterocycles. The Hall–Kier alpha value is -0.690. The zero-order valence-corrected chi connectivity index (χ0v) is 12.2. The number of hydrogen-bond acceptors (Lipinski definition) is 5. The third-order valence-electron chi connectivity index (χ3n) is 4.31. The summed E-state index contributed by atoms with van der Waals surface area (Å²) in [5.41, 5.74) is -0.822. The van der Waals surface area contributed by atoms with Gasteiger partial charge >= 0.3 is 0 Å². The Kier molecular flexibility index (Phi) is 5.37. The molecule has 2 fully saturated rings. The highest BCUT2D eigenvalue weighted by Crippen LogP contribution is 2.26. The van der Waals surface area contributed by atoms with Crippen LogP contribution in [0.25, 0.3) is 0 Å². The van der Waals surface area contributed by atoms with E-state index >= 15 is 0 Å². The lowest BCUT2D eigenvalue weighted by atomic mass is 9.88. The van der Waals surface area contributed by atoms with Crippen molar-refractivity contribution in [2.75, 3.05) is 32.8 Å². The summed E-state index contributed by atoms with van der Waals surface area (Å²) in [6.45, 7) is 4.89. The second-order valence-corrected chi connectivity index (χ2v) is 5.90. The van der Waals surface area contributed by atoms with E-state index in [1.807, 2.05) is 11.8 Å². The minimum Gasteiger partial charge on any atom is -0.392 e. The molecule has 0 saturated carbocycles. The van der Waals surface area contributed by atoms with Crippen LogP contribution in [0.5, 0.6) is 0 Å². The van der Waals surface area contributed by atoms with E-state index in [0.29, 0.717) is 45.6 Å². The molecule has 0 aromatic rings. The van der Waals surface area contributed by atoms with Gasteiger partial charge in [0.05, 0.1) is 17.7 Å². The van der Waals surface area contributed by atoms with Gasteiger partial charge in [-0.25, -0.2) is 0 Å². The zero-order chi connectivity index (χ0) is 14.6. The summed E-state index contributed by atoms with van der Waals surface area (Å²) in [4.78, 5) is 13.8. The molecule has 6 heteroatoms. The van der Waals surface area contributed by atoms with E-state index in [4.69, 9.17) is 4.74 Å². The molecule has 0 aromatic carbocycles. The van der Waals surface area contributed by atoms with Gasteiger partial charge in [-0.05, 0) is 19.3 Å². The number of ether oxygens (including phenoxy) is 1. The van der Waals surface area contributed by atoms with Crippen LogP contribution in [0, 0.1) is 0 Å². The van der Waals surface area contributed by atoms with Crippen molar-refractivity contribution in [2.45, 2.75) is 50.4 Å². The summed E-state index contributed by atoms with van der Waals surface area (Å²) in [5.74, 6) is 0.0377. The van der Waals surface area contributed by atoms with E-state index in [-0.39, 0.29) is 11.9 Å². The van der Waals surface area contributed by atoms with Crippen LogP contribution in [0.4, 0.5) is 0 Å². The van der Waals surface area contributed by atoms with E-state index in [0.717, 1.165) is 13.0 Å². The normalized spacial score (nSPS) is 28.9. The van der Waals surface area contributed by atoms with E-state index in [1.54, 1.807) is 0 Å². The van der Waals surface area contributed by atoms with Gasteiger partial charge in [-0.15, -0.1) is 0 Å². The average Bonchev–Trinajstić information content (AvgIpc) is 2.39. The Morgan fingerprint density at radius 1 is 1.50 bits per heavy atom. The number of rotatable bonds is 5. The molecule has 2 unspecified atom stereocenters. The number of piperazine rings is 1. The monoisotopic (exact) mass is 286 g/mol. The minimum atomic E-state index is -0.822. The number of hydrogen-bond donors (Lipinski definition) is 3. The fourth-order valence-electron chi connectivity index (χ4n) is 3.15. The van der Waals surface area contributed by atoms with Crippen LogP contribution in [0.1, 0.15) is 32.6 Å². The molecule has 2 aliphatic rings. The molecule has 0 aliphatic carbocycles. The van der Waals surface area contributed by atoms with E-state index in [2.05, 4.69) is 5.32 Å². The first-order valence-electron chi connectivity index (χ1n) is 7.54. The van der Waals surface area contributed by atoms with Crippen molar-refractivity contribution in [2.24, 2.45) is 0 Å². The van der Waals surface area contributed by atoms with E-state index in [9.17, 15) is 15.0 Å². The first-order valence-corrected chi connectivity index (χ1v) is 7.54. The van der Waals surface area contributed by atoms with Gasteiger partial charge in [0.2, 0.25) is 5.91 Å². The molecule has 2 atom stereocenters. The van der Waals surface area contributed by atoms with Crippen LogP contribution in [0.15, 0.2) is 0 Å². The highest BCUT2D eigenvalue weighted by molar-refractivity contribution is 5.82. The lowest BCUT2D eigenvalue weighted by Crippen LogP contribution is -2.57. The number of nitrogens with zero attached hydrogens (tertiary/aromatic N) is 1. The lowest BCUT2D eigenvalue weighted by Gasteiger charge is -2.38. The Balaban J connectivity index is 1.86. The van der Waals surface area contributed by atoms with Crippen LogP contribution in [-0.2, 0) is 9.53 Å². The highest BCUT2D eigenvalue weighted by atomic mass is 16.5. The molecule has 3 N–H and O–H groups in total. The van der Waals surface area contributed by atoms with Crippen molar-refractivity contribution < 1.29 is 19.7 Å². The summed E-state index contributed by atoms with van der Waals surface area (Å²) in [6.07, 6.45) is 1.61. The molecule has 2 rings (SSSR count). The Morgan fingerprint density at radius 2 is 2.20 bits per heavy atom. The Bertz CT molecular complexity index is 331. The van der Waals surface area contributed by atoms with Crippen LogP contribution < -0.4 is 5.32 Å². The summed E-state index contributed by atoms with van der Waals surface area (Å²) >= 11 is 0. The molecule has 116 valence electrons. The van der Waals surface area contributed by atoms with E-state index < -0.39 is 11.7 Å². The molecular formula is C14H26N2O4. The summed E-state index contributed by atoms with van der Waals surface area (Å²) in [7, 11) is 0. The molecule has 2 heterocycles. The molecule has 0 radical (unpaired) electrons. The summed E-state index contributed by atoms with van der Waals surface area (Å²) < 4.78 is 5.24. The number of aliphatic hydroxyl groups excluding tert-OH is 1. The van der Waals surface area contributed by atoms with Crippen molar-refractivity contribution in [1.82, 2.24) is 10.2 Å². The Morgan fingerprint density at radius 3 is 2.85 bits per heavy atom. The minimum absolute atomic E-state index is 0.0377. The smallest absolute Gasteiger partial charge is 0.237 e. The summed E-state index contributed by atoms with van der Waals surface area (Å²) in [5, 5.41) is 23.5. The average molecular weight is 286 g/mol. The van der Waals surface area contributed by atoms with Gasteiger partial charge in [0, 0.05) is 39.3 Å². The predicted molar refractivity (Wildman–Crippen MR) is 74.3 cm³/mol. The largest absolute Gasteiger partial charge is 0.392 e. The second kappa shape index (κ2) is 6.85. The van der Waals surface area contributed by atoms with Crippen LogP contribution in [0.2, 0.25) is 0 Å². The fraction of sp³-hybridized carbons (Fsp3) is 0.929. The zero-order valence-electron chi connectivity index (χ0n) is 12.2. The van der Waals surface area contributed by atoms with Crippen LogP contribution in [-0.4, -0.2) is 71.6 Å². The molecule has 0 spiro atoms. The number of β-amino-alcohol motifs (C(OH)–C–C–N with tert-alkyl or cyclic N) is 1. The van der Waals surface area contributed by atoms with Crippen molar-refractivity contribution in [1.29, 1.82) is 0 Å². The third kappa shape index (κ3) is 3.91. The predicted octanol–water partition coefficient (Wildman–Crippen LogP) is -0.511. The van der Waals surface area contributed by atoms with Crippen LogP contribution in [0.3, 0.4) is 0 Å². The van der Waals surface area contributed by atoms with Gasteiger partial charge in [-0.1, -0.05) is 6.92 Å². The SMILES string of the molecule is CCC1C(=O)NCCN1CC(O)CC1(O)CCOCC1. The maximum absolute atomic E-state index is 11.8. The Labute approximate surface area is 120 Å². The van der Waals surface area contributed by atoms with Gasteiger partial charge in [-0.3, -0.25) is 9.69 Å². The molecule has 1 amide bonds.